The van der Waals surface area contributed by atoms with Crippen LogP contribution < -0.4 is 0 Å². The van der Waals surface area contributed by atoms with Crippen molar-refractivity contribution in [3.63, 3.8) is 0 Å². The summed E-state index contributed by atoms with van der Waals surface area (Å²) in [5.41, 5.74) is -1.48. The van der Waals surface area contributed by atoms with Gasteiger partial charge in [0.1, 0.15) is 5.60 Å². The molecule has 1 nitrogen and oxygen atoms in total. The van der Waals surface area contributed by atoms with Crippen molar-refractivity contribution >= 4 is 0 Å². The number of aliphatic hydroxyl groups is 1. The molecule has 0 spiro atoms. The van der Waals surface area contributed by atoms with E-state index in [1.165, 1.54) is 12.1 Å². The molecule has 18 heavy (non-hydrogen) atoms. The van der Waals surface area contributed by atoms with Gasteiger partial charge in [0.2, 0.25) is 0 Å². The maximum Gasteiger partial charge on any atom is 0.300 e. The van der Waals surface area contributed by atoms with Gasteiger partial charge >= 0.3 is 5.92 Å². The van der Waals surface area contributed by atoms with Crippen LogP contribution in [0.15, 0.2) is 24.3 Å². The minimum atomic E-state index is -3.26. The Hall–Kier alpha value is -0.960. The predicted molar refractivity (Wildman–Crippen MR) is 70.0 cm³/mol. The van der Waals surface area contributed by atoms with Gasteiger partial charge in [-0.05, 0) is 37.3 Å². The Labute approximate surface area is 108 Å². The Bertz CT molecular complexity index is 417. The molecule has 0 saturated heterocycles. The van der Waals surface area contributed by atoms with Crippen LogP contribution in [0.5, 0.6) is 0 Å². The van der Waals surface area contributed by atoms with E-state index in [1.807, 2.05) is 26.8 Å². The molecule has 0 fully saturated rings. The third-order valence-electron chi connectivity index (χ3n) is 3.66. The number of rotatable bonds is 4. The summed E-state index contributed by atoms with van der Waals surface area (Å²) in [6.45, 7) is 8.33. The molecule has 0 unspecified atom stereocenters. The summed E-state index contributed by atoms with van der Waals surface area (Å²) in [5.74, 6) is -3.26. The molecule has 0 aliphatic rings. The topological polar surface area (TPSA) is 20.2 Å². The normalized spacial score (nSPS) is 13.8. The Morgan fingerprint density at radius 3 is 2.00 bits per heavy atom. The van der Waals surface area contributed by atoms with Crippen LogP contribution in [0.4, 0.5) is 8.78 Å². The molecule has 1 aromatic carbocycles. The van der Waals surface area contributed by atoms with Crippen LogP contribution in [0.1, 0.15) is 52.2 Å². The van der Waals surface area contributed by atoms with Crippen molar-refractivity contribution in [2.45, 2.75) is 58.0 Å². The first-order chi connectivity index (χ1) is 8.02. The molecule has 1 N–H and O–H groups in total. The van der Waals surface area contributed by atoms with Crippen LogP contribution in [0, 0.1) is 0 Å². The van der Waals surface area contributed by atoms with Crippen LogP contribution in [0.25, 0.3) is 0 Å². The van der Waals surface area contributed by atoms with Crippen molar-refractivity contribution in [3.05, 3.63) is 35.4 Å². The highest BCUT2D eigenvalue weighted by molar-refractivity contribution is 5.32. The van der Waals surface area contributed by atoms with Crippen molar-refractivity contribution in [1.82, 2.24) is 0 Å². The van der Waals surface area contributed by atoms with Crippen molar-refractivity contribution in [2.24, 2.45) is 0 Å². The van der Waals surface area contributed by atoms with Crippen LogP contribution in [0.2, 0.25) is 0 Å². The van der Waals surface area contributed by atoms with Gasteiger partial charge in [-0.1, -0.05) is 39.0 Å². The molecule has 102 valence electrons. The second kappa shape index (κ2) is 4.61. The van der Waals surface area contributed by atoms with Crippen molar-refractivity contribution in [1.29, 1.82) is 0 Å². The Morgan fingerprint density at radius 1 is 1.06 bits per heavy atom. The van der Waals surface area contributed by atoms with Gasteiger partial charge in [0, 0.05) is 5.56 Å². The van der Waals surface area contributed by atoms with E-state index in [-0.39, 0.29) is 11.0 Å². The molecule has 0 radical (unpaired) electrons. The van der Waals surface area contributed by atoms with Crippen LogP contribution in [-0.4, -0.2) is 10.7 Å². The highest BCUT2D eigenvalue weighted by atomic mass is 19.3. The zero-order valence-corrected chi connectivity index (χ0v) is 11.7. The zero-order chi connectivity index (χ0) is 14.2. The van der Waals surface area contributed by atoms with Gasteiger partial charge in [-0.2, -0.15) is 8.78 Å². The molecule has 1 rings (SSSR count). The van der Waals surface area contributed by atoms with E-state index in [1.54, 1.807) is 6.07 Å². The summed E-state index contributed by atoms with van der Waals surface area (Å²) >= 11 is 0. The number of benzene rings is 1. The van der Waals surface area contributed by atoms with Gasteiger partial charge in [-0.25, -0.2) is 0 Å². The summed E-state index contributed by atoms with van der Waals surface area (Å²) in [5, 5.41) is 9.60. The molecule has 0 aromatic heterocycles. The minimum Gasteiger partial charge on any atom is -0.384 e. The second-order valence-corrected chi connectivity index (χ2v) is 5.95. The largest absolute Gasteiger partial charge is 0.384 e. The van der Waals surface area contributed by atoms with Gasteiger partial charge in [0.25, 0.3) is 0 Å². The zero-order valence-electron chi connectivity index (χ0n) is 11.7. The van der Waals surface area contributed by atoms with E-state index < -0.39 is 11.5 Å². The van der Waals surface area contributed by atoms with E-state index in [4.69, 9.17) is 0 Å². The molecule has 0 aliphatic heterocycles. The molecule has 0 amide bonds. The van der Waals surface area contributed by atoms with Gasteiger partial charge in [0.15, 0.2) is 0 Å². The summed E-state index contributed by atoms with van der Waals surface area (Å²) in [6.07, 6.45) is 0.866. The van der Waals surface area contributed by atoms with Gasteiger partial charge in [-0.15, -0.1) is 0 Å². The van der Waals surface area contributed by atoms with E-state index in [2.05, 4.69) is 0 Å². The monoisotopic (exact) mass is 256 g/mol. The average molecular weight is 256 g/mol. The first-order valence-electron chi connectivity index (χ1n) is 6.23. The molecule has 3 heteroatoms. The number of halogens is 2. The van der Waals surface area contributed by atoms with Gasteiger partial charge in [-0.3, -0.25) is 0 Å². The Kier molecular flexibility index (Phi) is 3.87. The lowest BCUT2D eigenvalue weighted by atomic mass is 9.80. The molecule has 0 bridgehead atoms. The minimum absolute atomic E-state index is 0.131. The summed E-state index contributed by atoms with van der Waals surface area (Å²) in [4.78, 5) is 0. The molecule has 0 aliphatic carbocycles. The maximum atomic E-state index is 14.1. The highest BCUT2D eigenvalue weighted by Crippen LogP contribution is 2.40. The fourth-order valence-corrected chi connectivity index (χ4v) is 1.69. The molecular weight excluding hydrogens is 234 g/mol. The van der Waals surface area contributed by atoms with Gasteiger partial charge < -0.3 is 5.11 Å². The maximum absolute atomic E-state index is 14.1. The Morgan fingerprint density at radius 2 is 1.56 bits per heavy atom. The van der Waals surface area contributed by atoms with E-state index >= 15 is 0 Å². The Balaban J connectivity index is 3.26. The number of hydrogen-bond acceptors (Lipinski definition) is 1. The number of hydrogen-bond donors (Lipinski definition) is 1. The quantitative estimate of drug-likeness (QED) is 0.854. The van der Waals surface area contributed by atoms with Crippen molar-refractivity contribution < 1.29 is 13.9 Å². The van der Waals surface area contributed by atoms with E-state index in [9.17, 15) is 13.9 Å². The van der Waals surface area contributed by atoms with E-state index in [0.717, 1.165) is 25.8 Å². The highest BCUT2D eigenvalue weighted by Gasteiger charge is 2.47. The van der Waals surface area contributed by atoms with Crippen LogP contribution >= 0.6 is 0 Å². The lowest BCUT2D eigenvalue weighted by molar-refractivity contribution is -0.168. The first kappa shape index (κ1) is 15.1. The van der Waals surface area contributed by atoms with Crippen molar-refractivity contribution in [3.8, 4) is 0 Å². The average Bonchev–Trinajstić information content (AvgIpc) is 2.27. The molecular formula is C15H22F2O. The first-order valence-corrected chi connectivity index (χ1v) is 6.23. The molecule has 1 aromatic rings. The van der Waals surface area contributed by atoms with Gasteiger partial charge in [0.05, 0.1) is 0 Å². The number of alkyl halides is 2. The van der Waals surface area contributed by atoms with Crippen LogP contribution in [-0.2, 0) is 11.3 Å². The smallest absolute Gasteiger partial charge is 0.300 e. The molecule has 0 saturated carbocycles. The predicted octanol–water partition coefficient (Wildman–Crippen LogP) is 4.24. The summed E-state index contributed by atoms with van der Waals surface area (Å²) < 4.78 is 28.2. The second-order valence-electron chi connectivity index (χ2n) is 5.95. The molecule has 0 heterocycles. The lowest BCUT2D eigenvalue weighted by Crippen LogP contribution is -2.40. The molecule has 0 atom stereocenters. The van der Waals surface area contributed by atoms with Crippen molar-refractivity contribution in [2.75, 3.05) is 0 Å². The summed E-state index contributed by atoms with van der Waals surface area (Å²) in [6, 6.07) is 6.35. The fourth-order valence-electron chi connectivity index (χ4n) is 1.69. The third-order valence-corrected chi connectivity index (χ3v) is 3.66. The standard InChI is InChI=1S/C15H22F2O/c1-6-13(2,3)11-8-7-9-12(10-11)15(16,17)14(4,5)18/h7-10,18H,6H2,1-5H3. The lowest BCUT2D eigenvalue weighted by Gasteiger charge is -2.31. The summed E-state index contributed by atoms with van der Waals surface area (Å²) in [7, 11) is 0. The van der Waals surface area contributed by atoms with E-state index in [0.29, 0.717) is 0 Å². The van der Waals surface area contributed by atoms with Crippen LogP contribution in [0.3, 0.4) is 0 Å². The fraction of sp³-hybridized carbons (Fsp3) is 0.600. The SMILES string of the molecule is CCC(C)(C)c1cccc(C(F)(F)C(C)(C)O)c1. The third kappa shape index (κ3) is 2.72.